The van der Waals surface area contributed by atoms with Crippen molar-refractivity contribution >= 4 is 33.0 Å². The summed E-state index contributed by atoms with van der Waals surface area (Å²) in [5.41, 5.74) is 2.00. The van der Waals surface area contributed by atoms with E-state index in [0.717, 1.165) is 10.4 Å². The number of carbonyl (C=O) groups excluding carboxylic acids is 1. The molecule has 1 aromatic heterocycles. The Morgan fingerprint density at radius 1 is 1.30 bits per heavy atom. The number of thiophene rings is 1. The molecule has 1 aliphatic rings. The van der Waals surface area contributed by atoms with Crippen molar-refractivity contribution in [3.05, 3.63) is 51.7 Å². The fourth-order valence-electron chi connectivity index (χ4n) is 3.63. The first-order valence-corrected chi connectivity index (χ1v) is 11.7. The van der Waals surface area contributed by atoms with Gasteiger partial charge in [0.15, 0.2) is 0 Å². The molecule has 5 nitrogen and oxygen atoms in total. The van der Waals surface area contributed by atoms with Gasteiger partial charge in [0.1, 0.15) is 0 Å². The molecule has 7 heteroatoms. The third-order valence-corrected chi connectivity index (χ3v) is 7.03. The Hall–Kier alpha value is -1.86. The average molecular weight is 407 g/mol. The summed E-state index contributed by atoms with van der Waals surface area (Å²) >= 11 is 1.63. The van der Waals surface area contributed by atoms with E-state index in [4.69, 9.17) is 0 Å². The van der Waals surface area contributed by atoms with Crippen LogP contribution in [0.1, 0.15) is 54.5 Å². The molecule has 0 bridgehead atoms. The van der Waals surface area contributed by atoms with E-state index in [0.29, 0.717) is 17.7 Å². The van der Waals surface area contributed by atoms with Crippen LogP contribution in [0.3, 0.4) is 0 Å². The van der Waals surface area contributed by atoms with Gasteiger partial charge >= 0.3 is 0 Å². The summed E-state index contributed by atoms with van der Waals surface area (Å²) in [5, 5.41) is 5.17. The molecule has 2 atom stereocenters. The molecule has 2 unspecified atom stereocenters. The Bertz CT molecular complexity index is 944. The van der Waals surface area contributed by atoms with Crippen LogP contribution in [-0.2, 0) is 16.4 Å². The average Bonchev–Trinajstić information content (AvgIpc) is 3.15. The van der Waals surface area contributed by atoms with Crippen molar-refractivity contribution in [3.8, 4) is 0 Å². The van der Waals surface area contributed by atoms with Crippen LogP contribution < -0.4 is 9.62 Å². The molecule has 0 saturated carbocycles. The highest BCUT2D eigenvalue weighted by Crippen LogP contribution is 2.37. The molecule has 0 radical (unpaired) electrons. The molecule has 1 aliphatic heterocycles. The summed E-state index contributed by atoms with van der Waals surface area (Å²) in [6, 6.07) is 9.06. The molecule has 1 aromatic carbocycles. The number of amides is 1. The Morgan fingerprint density at radius 2 is 2.00 bits per heavy atom. The SMILES string of the molecule is CC1Cc2cc(C(=O)NC(c3cccs3)C(C)(C)C)ccc2N1S(C)(=O)=O. The molecule has 1 amide bonds. The Balaban J connectivity index is 1.88. The summed E-state index contributed by atoms with van der Waals surface area (Å²) in [4.78, 5) is 14.0. The van der Waals surface area contributed by atoms with E-state index in [9.17, 15) is 13.2 Å². The maximum atomic E-state index is 12.9. The first-order valence-electron chi connectivity index (χ1n) is 8.95. The van der Waals surface area contributed by atoms with E-state index in [2.05, 4.69) is 26.1 Å². The molecule has 2 aromatic rings. The molecular weight excluding hydrogens is 380 g/mol. The fourth-order valence-corrected chi connectivity index (χ4v) is 5.92. The van der Waals surface area contributed by atoms with Gasteiger partial charge in [0.25, 0.3) is 5.91 Å². The standard InChI is InChI=1S/C20H26N2O3S2/c1-13-11-15-12-14(8-9-16(15)22(13)27(5,24)25)19(23)21-18(20(2,3)4)17-7-6-10-26-17/h6-10,12-13,18H,11H2,1-5H3,(H,21,23). The van der Waals surface area contributed by atoms with Crippen LogP contribution in [0.25, 0.3) is 0 Å². The van der Waals surface area contributed by atoms with Crippen molar-refractivity contribution in [3.63, 3.8) is 0 Å². The van der Waals surface area contributed by atoms with Gasteiger partial charge in [-0.25, -0.2) is 8.42 Å². The third-order valence-electron chi connectivity index (χ3n) is 4.82. The largest absolute Gasteiger partial charge is 0.344 e. The second kappa shape index (κ2) is 6.95. The van der Waals surface area contributed by atoms with Crippen LogP contribution in [0.5, 0.6) is 0 Å². The van der Waals surface area contributed by atoms with Gasteiger partial charge < -0.3 is 5.32 Å². The van der Waals surface area contributed by atoms with Crippen molar-refractivity contribution < 1.29 is 13.2 Å². The number of hydrogen-bond donors (Lipinski definition) is 1. The van der Waals surface area contributed by atoms with E-state index in [1.807, 2.05) is 30.5 Å². The number of benzene rings is 1. The second-order valence-electron chi connectivity index (χ2n) is 8.24. The van der Waals surface area contributed by atoms with Crippen molar-refractivity contribution in [2.24, 2.45) is 5.41 Å². The van der Waals surface area contributed by atoms with Gasteiger partial charge in [-0.15, -0.1) is 11.3 Å². The zero-order valence-corrected chi connectivity index (χ0v) is 17.9. The maximum absolute atomic E-state index is 12.9. The molecule has 2 heterocycles. The molecular formula is C20H26N2O3S2. The van der Waals surface area contributed by atoms with Crippen LogP contribution in [0.2, 0.25) is 0 Å². The number of sulfonamides is 1. The lowest BCUT2D eigenvalue weighted by atomic mass is 9.85. The minimum Gasteiger partial charge on any atom is -0.344 e. The van der Waals surface area contributed by atoms with Crippen LogP contribution in [0.4, 0.5) is 5.69 Å². The quantitative estimate of drug-likeness (QED) is 0.835. The topological polar surface area (TPSA) is 66.5 Å². The van der Waals surface area contributed by atoms with Gasteiger partial charge in [-0.2, -0.15) is 0 Å². The first kappa shape index (κ1) is 19.9. The van der Waals surface area contributed by atoms with Gasteiger partial charge in [0.05, 0.1) is 18.0 Å². The zero-order chi connectivity index (χ0) is 20.0. The normalized spacial score (nSPS) is 18.3. The molecule has 0 fully saturated rings. The van der Waals surface area contributed by atoms with E-state index in [1.165, 1.54) is 10.6 Å². The second-order valence-corrected chi connectivity index (χ2v) is 11.1. The molecule has 27 heavy (non-hydrogen) atoms. The van der Waals surface area contributed by atoms with Gasteiger partial charge in [-0.3, -0.25) is 9.10 Å². The smallest absolute Gasteiger partial charge is 0.251 e. The summed E-state index contributed by atoms with van der Waals surface area (Å²) in [6.45, 7) is 8.19. The number of anilines is 1. The number of nitrogens with zero attached hydrogens (tertiary/aromatic N) is 1. The first-order chi connectivity index (χ1) is 12.5. The summed E-state index contributed by atoms with van der Waals surface area (Å²) in [5.74, 6) is -0.142. The Morgan fingerprint density at radius 3 is 2.56 bits per heavy atom. The minimum atomic E-state index is -3.33. The molecule has 3 rings (SSSR count). The molecule has 0 saturated heterocycles. The minimum absolute atomic E-state index is 0.0929. The highest BCUT2D eigenvalue weighted by molar-refractivity contribution is 7.92. The highest BCUT2D eigenvalue weighted by atomic mass is 32.2. The van der Waals surface area contributed by atoms with Gasteiger partial charge in [-0.05, 0) is 54.0 Å². The predicted molar refractivity (Wildman–Crippen MR) is 111 cm³/mol. The lowest BCUT2D eigenvalue weighted by molar-refractivity contribution is 0.0903. The number of nitrogens with one attached hydrogen (secondary N) is 1. The molecule has 0 spiro atoms. The van der Waals surface area contributed by atoms with Crippen LogP contribution >= 0.6 is 11.3 Å². The summed E-state index contributed by atoms with van der Waals surface area (Å²) < 4.78 is 25.6. The number of rotatable bonds is 4. The van der Waals surface area contributed by atoms with E-state index < -0.39 is 10.0 Å². The van der Waals surface area contributed by atoms with Gasteiger partial charge in [-0.1, -0.05) is 26.8 Å². The fraction of sp³-hybridized carbons (Fsp3) is 0.450. The van der Waals surface area contributed by atoms with Crippen LogP contribution in [-0.4, -0.2) is 26.6 Å². The van der Waals surface area contributed by atoms with Gasteiger partial charge in [0.2, 0.25) is 10.0 Å². The molecule has 146 valence electrons. The number of carbonyl (C=O) groups is 1. The summed E-state index contributed by atoms with van der Waals surface area (Å²) in [6.07, 6.45) is 1.82. The van der Waals surface area contributed by atoms with E-state index in [-0.39, 0.29) is 23.4 Å². The highest BCUT2D eigenvalue weighted by Gasteiger charge is 2.33. The van der Waals surface area contributed by atoms with Crippen molar-refractivity contribution in [2.75, 3.05) is 10.6 Å². The number of hydrogen-bond acceptors (Lipinski definition) is 4. The van der Waals surface area contributed by atoms with Crippen molar-refractivity contribution in [1.82, 2.24) is 5.32 Å². The molecule has 0 aliphatic carbocycles. The van der Waals surface area contributed by atoms with Crippen molar-refractivity contribution in [2.45, 2.75) is 46.2 Å². The maximum Gasteiger partial charge on any atom is 0.251 e. The Kier molecular flexibility index (Phi) is 5.12. The van der Waals surface area contributed by atoms with Crippen molar-refractivity contribution in [1.29, 1.82) is 0 Å². The predicted octanol–water partition coefficient (Wildman–Crippen LogP) is 3.98. The van der Waals surface area contributed by atoms with Crippen LogP contribution in [0.15, 0.2) is 35.7 Å². The van der Waals surface area contributed by atoms with Gasteiger partial charge in [0, 0.05) is 16.5 Å². The Labute approximate surface area is 165 Å². The van der Waals surface area contributed by atoms with E-state index in [1.54, 1.807) is 23.5 Å². The van der Waals surface area contributed by atoms with Crippen LogP contribution in [0, 0.1) is 5.41 Å². The third kappa shape index (κ3) is 4.04. The zero-order valence-electron chi connectivity index (χ0n) is 16.3. The van der Waals surface area contributed by atoms with E-state index >= 15 is 0 Å². The lowest BCUT2D eigenvalue weighted by Gasteiger charge is -2.31. The lowest BCUT2D eigenvalue weighted by Crippen LogP contribution is -2.36. The summed E-state index contributed by atoms with van der Waals surface area (Å²) in [7, 11) is -3.33. The molecule has 1 N–H and O–H groups in total. The number of fused-ring (bicyclic) bond motifs is 1. The monoisotopic (exact) mass is 406 g/mol.